The number of carbonyl (C=O) groups excluding carboxylic acids is 1. The first kappa shape index (κ1) is 10.4. The Morgan fingerprint density at radius 3 is 3.19 bits per heavy atom. The Labute approximate surface area is 90.7 Å². The Hall–Kier alpha value is -2.17. The van der Waals surface area contributed by atoms with Crippen molar-refractivity contribution in [3.8, 4) is 0 Å². The predicted octanol–water partition coefficient (Wildman–Crippen LogP) is 1.77. The fraction of sp³-hybridized carbons (Fsp3) is 0.0909. The van der Waals surface area contributed by atoms with Gasteiger partial charge in [-0.3, -0.25) is 4.79 Å². The largest absolute Gasteiger partial charge is 0.356 e. The van der Waals surface area contributed by atoms with Crippen LogP contribution >= 0.6 is 0 Å². The lowest BCUT2D eigenvalue weighted by Gasteiger charge is -1.97. The molecule has 0 aliphatic rings. The molecular formula is C11H9FN2O2. The molecule has 0 spiro atoms. The van der Waals surface area contributed by atoms with Crippen molar-refractivity contribution >= 4 is 16.9 Å². The summed E-state index contributed by atoms with van der Waals surface area (Å²) in [5, 5.41) is 6.86. The molecule has 1 N–H and O–H groups in total. The molecule has 1 amide bonds. The minimum absolute atomic E-state index is 0.182. The van der Waals surface area contributed by atoms with Gasteiger partial charge >= 0.3 is 0 Å². The minimum Gasteiger partial charge on any atom is -0.356 e. The van der Waals surface area contributed by atoms with Gasteiger partial charge in [0.2, 0.25) is 5.91 Å². The molecule has 0 aliphatic carbocycles. The van der Waals surface area contributed by atoms with Gasteiger partial charge in [0, 0.05) is 5.39 Å². The Kier molecular flexibility index (Phi) is 2.68. The molecule has 0 bridgehead atoms. The summed E-state index contributed by atoms with van der Waals surface area (Å²) >= 11 is 0. The first-order valence-corrected chi connectivity index (χ1v) is 4.65. The summed E-state index contributed by atoms with van der Waals surface area (Å²) in [5.41, 5.74) is 0.981. The zero-order chi connectivity index (χ0) is 11.5. The van der Waals surface area contributed by atoms with Crippen LogP contribution < -0.4 is 5.32 Å². The van der Waals surface area contributed by atoms with E-state index in [0.29, 0.717) is 16.7 Å². The van der Waals surface area contributed by atoms with E-state index in [4.69, 9.17) is 4.52 Å². The van der Waals surface area contributed by atoms with Crippen LogP contribution in [0.3, 0.4) is 0 Å². The number of hydrogen-bond donors (Lipinski definition) is 1. The maximum Gasteiger partial charge on any atom is 0.243 e. The summed E-state index contributed by atoms with van der Waals surface area (Å²) in [7, 11) is 0. The molecular weight excluding hydrogens is 211 g/mol. The van der Waals surface area contributed by atoms with Crippen molar-refractivity contribution in [2.75, 3.05) is 0 Å². The normalized spacial score (nSPS) is 10.3. The molecule has 16 heavy (non-hydrogen) atoms. The van der Waals surface area contributed by atoms with Crippen molar-refractivity contribution < 1.29 is 13.7 Å². The van der Waals surface area contributed by atoms with Gasteiger partial charge in [-0.25, -0.2) is 4.39 Å². The standard InChI is InChI=1S/C11H9FN2O2/c1-2-11(15)13-6-9-8-5-7(12)3-4-10(8)16-14-9/h2-5H,1,6H2,(H,13,15). The van der Waals surface area contributed by atoms with Crippen LogP contribution in [0, 0.1) is 5.82 Å². The Morgan fingerprint density at radius 1 is 1.62 bits per heavy atom. The Balaban J connectivity index is 2.27. The monoisotopic (exact) mass is 220 g/mol. The highest BCUT2D eigenvalue weighted by molar-refractivity contribution is 5.87. The van der Waals surface area contributed by atoms with Crippen LogP contribution in [0.2, 0.25) is 0 Å². The van der Waals surface area contributed by atoms with E-state index in [-0.39, 0.29) is 18.3 Å². The maximum absolute atomic E-state index is 13.0. The lowest BCUT2D eigenvalue weighted by atomic mass is 10.2. The van der Waals surface area contributed by atoms with E-state index >= 15 is 0 Å². The lowest BCUT2D eigenvalue weighted by Crippen LogP contribution is -2.20. The van der Waals surface area contributed by atoms with E-state index in [1.165, 1.54) is 18.2 Å². The molecule has 4 nitrogen and oxygen atoms in total. The van der Waals surface area contributed by atoms with Gasteiger partial charge in [0.05, 0.1) is 6.54 Å². The van der Waals surface area contributed by atoms with Crippen molar-refractivity contribution in [1.29, 1.82) is 0 Å². The van der Waals surface area contributed by atoms with E-state index in [1.807, 2.05) is 0 Å². The highest BCUT2D eigenvalue weighted by Gasteiger charge is 2.09. The van der Waals surface area contributed by atoms with Gasteiger partial charge in [-0.15, -0.1) is 0 Å². The third-order valence-corrected chi connectivity index (χ3v) is 2.12. The molecule has 0 saturated heterocycles. The van der Waals surface area contributed by atoms with Gasteiger partial charge in [-0.05, 0) is 24.3 Å². The summed E-state index contributed by atoms with van der Waals surface area (Å²) in [5.74, 6) is -0.681. The minimum atomic E-state index is -0.369. The zero-order valence-electron chi connectivity index (χ0n) is 8.37. The van der Waals surface area contributed by atoms with Crippen LogP contribution in [0.1, 0.15) is 5.69 Å². The number of hydrogen-bond acceptors (Lipinski definition) is 3. The number of halogens is 1. The van der Waals surface area contributed by atoms with Crippen molar-refractivity contribution in [3.05, 3.63) is 42.4 Å². The third kappa shape index (κ3) is 1.93. The average Bonchev–Trinajstić information content (AvgIpc) is 2.68. The summed E-state index contributed by atoms with van der Waals surface area (Å²) in [4.78, 5) is 10.9. The number of carbonyl (C=O) groups is 1. The van der Waals surface area contributed by atoms with Crippen LogP contribution in [-0.2, 0) is 11.3 Å². The van der Waals surface area contributed by atoms with Crippen molar-refractivity contribution in [2.24, 2.45) is 0 Å². The van der Waals surface area contributed by atoms with Crippen molar-refractivity contribution in [2.45, 2.75) is 6.54 Å². The highest BCUT2D eigenvalue weighted by atomic mass is 19.1. The third-order valence-electron chi connectivity index (χ3n) is 2.12. The van der Waals surface area contributed by atoms with Crippen molar-refractivity contribution in [1.82, 2.24) is 10.5 Å². The number of nitrogens with one attached hydrogen (secondary N) is 1. The van der Waals surface area contributed by atoms with Crippen LogP contribution in [0.15, 0.2) is 35.4 Å². The molecule has 1 aromatic carbocycles. The fourth-order valence-corrected chi connectivity index (χ4v) is 1.33. The molecule has 0 aliphatic heterocycles. The van der Waals surface area contributed by atoms with Crippen LogP contribution in [0.25, 0.3) is 11.0 Å². The van der Waals surface area contributed by atoms with Crippen LogP contribution in [-0.4, -0.2) is 11.1 Å². The summed E-state index contributed by atoms with van der Waals surface area (Å²) in [6, 6.07) is 4.11. The predicted molar refractivity (Wildman–Crippen MR) is 56.0 cm³/mol. The second-order valence-corrected chi connectivity index (χ2v) is 3.19. The molecule has 0 atom stereocenters. The quantitative estimate of drug-likeness (QED) is 0.802. The van der Waals surface area contributed by atoms with Gasteiger partial charge in [0.1, 0.15) is 11.5 Å². The first-order valence-electron chi connectivity index (χ1n) is 4.65. The van der Waals surface area contributed by atoms with E-state index in [0.717, 1.165) is 6.08 Å². The lowest BCUT2D eigenvalue weighted by molar-refractivity contribution is -0.116. The van der Waals surface area contributed by atoms with E-state index in [1.54, 1.807) is 0 Å². The molecule has 1 aromatic heterocycles. The number of aromatic nitrogens is 1. The molecule has 5 heteroatoms. The SMILES string of the molecule is C=CC(=O)NCc1noc2ccc(F)cc12. The maximum atomic E-state index is 13.0. The van der Waals surface area contributed by atoms with Gasteiger partial charge < -0.3 is 9.84 Å². The molecule has 0 radical (unpaired) electrons. The second-order valence-electron chi connectivity index (χ2n) is 3.19. The molecule has 0 saturated carbocycles. The van der Waals surface area contributed by atoms with E-state index in [2.05, 4.69) is 17.1 Å². The summed E-state index contributed by atoms with van der Waals surface area (Å²) in [6.07, 6.45) is 1.16. The van der Waals surface area contributed by atoms with Crippen molar-refractivity contribution in [3.63, 3.8) is 0 Å². The van der Waals surface area contributed by atoms with Gasteiger partial charge in [0.15, 0.2) is 5.58 Å². The van der Waals surface area contributed by atoms with Crippen LogP contribution in [0.5, 0.6) is 0 Å². The number of nitrogens with zero attached hydrogens (tertiary/aromatic N) is 1. The van der Waals surface area contributed by atoms with Gasteiger partial charge in [-0.2, -0.15) is 0 Å². The van der Waals surface area contributed by atoms with E-state index in [9.17, 15) is 9.18 Å². The number of benzene rings is 1. The molecule has 1 heterocycles. The topological polar surface area (TPSA) is 55.1 Å². The Bertz CT molecular complexity index is 548. The molecule has 0 unspecified atom stereocenters. The van der Waals surface area contributed by atoms with Gasteiger partial charge in [0.25, 0.3) is 0 Å². The zero-order valence-corrected chi connectivity index (χ0v) is 8.37. The highest BCUT2D eigenvalue weighted by Crippen LogP contribution is 2.19. The molecule has 2 rings (SSSR count). The molecule has 0 fully saturated rings. The summed E-state index contributed by atoms with van der Waals surface area (Å²) in [6.45, 7) is 3.50. The Morgan fingerprint density at radius 2 is 2.44 bits per heavy atom. The number of rotatable bonds is 3. The van der Waals surface area contributed by atoms with E-state index < -0.39 is 0 Å². The van der Waals surface area contributed by atoms with Crippen LogP contribution in [0.4, 0.5) is 4.39 Å². The average molecular weight is 220 g/mol. The molecule has 82 valence electrons. The summed E-state index contributed by atoms with van der Waals surface area (Å²) < 4.78 is 18.0. The van der Waals surface area contributed by atoms with Gasteiger partial charge in [-0.1, -0.05) is 11.7 Å². The fourth-order valence-electron chi connectivity index (χ4n) is 1.33. The first-order chi connectivity index (χ1) is 7.70. The number of fused-ring (bicyclic) bond motifs is 1. The second kappa shape index (κ2) is 4.14. The number of amides is 1. The molecule has 2 aromatic rings. The smallest absolute Gasteiger partial charge is 0.243 e.